The molecule has 1 aromatic carbocycles. The van der Waals surface area contributed by atoms with Crippen molar-refractivity contribution in [3.05, 3.63) is 64.8 Å². The number of anilines is 2. The number of nitrogens with zero attached hydrogens (tertiary/aromatic N) is 3. The van der Waals surface area contributed by atoms with E-state index in [1.165, 1.54) is 24.4 Å². The van der Waals surface area contributed by atoms with Gasteiger partial charge in [0, 0.05) is 35.7 Å². The summed E-state index contributed by atoms with van der Waals surface area (Å²) in [6.07, 6.45) is 4.60. The van der Waals surface area contributed by atoms with Gasteiger partial charge in [0.25, 0.3) is 5.91 Å². The maximum absolute atomic E-state index is 14.4. The van der Waals surface area contributed by atoms with E-state index in [1.54, 1.807) is 32.3 Å². The lowest BCUT2D eigenvalue weighted by Gasteiger charge is -2.19. The van der Waals surface area contributed by atoms with Crippen LogP contribution in [0.2, 0.25) is 5.02 Å². The first-order valence-corrected chi connectivity index (χ1v) is 10.5. The van der Waals surface area contributed by atoms with Crippen LogP contribution < -0.4 is 10.6 Å². The van der Waals surface area contributed by atoms with Crippen LogP contribution in [-0.2, 0) is 0 Å². The molecule has 9 heteroatoms. The third-order valence-corrected chi connectivity index (χ3v) is 4.84. The predicted octanol–water partition coefficient (Wildman–Crippen LogP) is 4.70. The van der Waals surface area contributed by atoms with Crippen molar-refractivity contribution in [3.8, 4) is 11.4 Å². The fourth-order valence-corrected chi connectivity index (χ4v) is 3.09. The van der Waals surface area contributed by atoms with Gasteiger partial charge in [-0.25, -0.2) is 14.4 Å². The number of rotatable bonds is 7. The third-order valence-electron chi connectivity index (χ3n) is 4.61. The van der Waals surface area contributed by atoms with Crippen LogP contribution in [0.25, 0.3) is 11.4 Å². The lowest BCUT2D eigenvalue weighted by molar-refractivity contribution is 0.0694. The van der Waals surface area contributed by atoms with Gasteiger partial charge in [-0.15, -0.1) is 0 Å². The van der Waals surface area contributed by atoms with Gasteiger partial charge in [-0.2, -0.15) is 0 Å². The fourth-order valence-electron chi connectivity index (χ4n) is 2.92. The third kappa shape index (κ3) is 5.77. The number of aliphatic hydroxyl groups is 1. The molecule has 32 heavy (non-hydrogen) atoms. The van der Waals surface area contributed by atoms with Gasteiger partial charge in [-0.1, -0.05) is 25.4 Å². The van der Waals surface area contributed by atoms with Crippen LogP contribution >= 0.6 is 11.6 Å². The maximum atomic E-state index is 14.4. The standard InChI is InChI=1S/C23H25ClFN5O2/c1-13(2)16-11-27-20(15-9-14(24)5-6-18(15)25)30-21(16)29-19-7-8-26-10-17(19)22(31)28-12-23(3,4)32/h5-11,13,32H,12H2,1-4H3,(H,28,31)(H,26,27,29,30). The summed E-state index contributed by atoms with van der Waals surface area (Å²) in [6.45, 7) is 7.23. The van der Waals surface area contributed by atoms with E-state index in [0.29, 0.717) is 16.5 Å². The Morgan fingerprint density at radius 3 is 2.69 bits per heavy atom. The van der Waals surface area contributed by atoms with Crippen molar-refractivity contribution in [2.45, 2.75) is 39.2 Å². The van der Waals surface area contributed by atoms with E-state index < -0.39 is 17.3 Å². The smallest absolute Gasteiger partial charge is 0.255 e. The molecule has 0 saturated carbocycles. The van der Waals surface area contributed by atoms with Crippen LogP contribution in [0, 0.1) is 5.82 Å². The van der Waals surface area contributed by atoms with Gasteiger partial charge in [-0.3, -0.25) is 9.78 Å². The van der Waals surface area contributed by atoms with Gasteiger partial charge >= 0.3 is 0 Å². The number of carbonyl (C=O) groups is 1. The molecule has 3 N–H and O–H groups in total. The summed E-state index contributed by atoms with van der Waals surface area (Å²) >= 11 is 6.03. The first-order valence-electron chi connectivity index (χ1n) is 10.1. The molecule has 2 heterocycles. The average molecular weight is 458 g/mol. The number of pyridine rings is 1. The molecule has 0 unspecified atom stereocenters. The number of hydrogen-bond acceptors (Lipinski definition) is 6. The normalized spacial score (nSPS) is 11.5. The molecule has 2 aromatic heterocycles. The molecule has 0 aliphatic carbocycles. The highest BCUT2D eigenvalue weighted by Gasteiger charge is 2.19. The van der Waals surface area contributed by atoms with E-state index in [0.717, 1.165) is 5.56 Å². The van der Waals surface area contributed by atoms with Crippen LogP contribution in [-0.4, -0.2) is 38.1 Å². The summed E-state index contributed by atoms with van der Waals surface area (Å²) in [4.78, 5) is 25.6. The molecule has 0 radical (unpaired) electrons. The van der Waals surface area contributed by atoms with Crippen LogP contribution in [0.1, 0.15) is 49.5 Å². The Kier molecular flexibility index (Phi) is 7.06. The maximum Gasteiger partial charge on any atom is 0.255 e. The Morgan fingerprint density at radius 1 is 1.25 bits per heavy atom. The number of benzene rings is 1. The van der Waals surface area contributed by atoms with Crippen molar-refractivity contribution >= 4 is 29.0 Å². The van der Waals surface area contributed by atoms with Crippen molar-refractivity contribution in [2.75, 3.05) is 11.9 Å². The Hall–Kier alpha value is -3.10. The van der Waals surface area contributed by atoms with Crippen molar-refractivity contribution in [2.24, 2.45) is 0 Å². The molecule has 7 nitrogen and oxygen atoms in total. The van der Waals surface area contributed by atoms with Crippen LogP contribution in [0.3, 0.4) is 0 Å². The van der Waals surface area contributed by atoms with E-state index in [9.17, 15) is 14.3 Å². The molecule has 0 bridgehead atoms. The molecule has 0 aliphatic rings. The van der Waals surface area contributed by atoms with Crippen molar-refractivity contribution < 1.29 is 14.3 Å². The molecule has 0 saturated heterocycles. The highest BCUT2D eigenvalue weighted by molar-refractivity contribution is 6.30. The molecule has 168 valence electrons. The Labute approximate surface area is 191 Å². The molecule has 3 aromatic rings. The average Bonchev–Trinajstić information content (AvgIpc) is 2.73. The van der Waals surface area contributed by atoms with Crippen molar-refractivity contribution in [1.82, 2.24) is 20.3 Å². The molecule has 0 fully saturated rings. The lowest BCUT2D eigenvalue weighted by Crippen LogP contribution is -2.38. The first-order chi connectivity index (χ1) is 15.0. The molecular weight excluding hydrogens is 433 g/mol. The summed E-state index contributed by atoms with van der Waals surface area (Å²) in [5.74, 6) is -0.228. The Bertz CT molecular complexity index is 1130. The van der Waals surface area contributed by atoms with Gasteiger partial charge in [-0.05, 0) is 44.0 Å². The molecule has 0 aliphatic heterocycles. The quantitative estimate of drug-likeness (QED) is 0.475. The SMILES string of the molecule is CC(C)c1cnc(-c2cc(Cl)ccc2F)nc1Nc1ccncc1C(=O)NCC(C)(C)O. The number of nitrogens with one attached hydrogen (secondary N) is 2. The van der Waals surface area contributed by atoms with Crippen LogP contribution in [0.5, 0.6) is 0 Å². The van der Waals surface area contributed by atoms with E-state index in [1.807, 2.05) is 13.8 Å². The van der Waals surface area contributed by atoms with Gasteiger partial charge < -0.3 is 15.7 Å². The first kappa shape index (κ1) is 23.6. The molecular formula is C23H25ClFN5O2. The minimum absolute atomic E-state index is 0.0602. The number of aromatic nitrogens is 3. The lowest BCUT2D eigenvalue weighted by atomic mass is 10.1. The number of amides is 1. The Morgan fingerprint density at radius 2 is 2.00 bits per heavy atom. The fraction of sp³-hybridized carbons (Fsp3) is 0.304. The molecule has 3 rings (SSSR count). The second kappa shape index (κ2) is 9.58. The van der Waals surface area contributed by atoms with E-state index in [2.05, 4.69) is 25.6 Å². The molecule has 1 amide bonds. The minimum Gasteiger partial charge on any atom is -0.389 e. The van der Waals surface area contributed by atoms with Gasteiger partial charge in [0.2, 0.25) is 0 Å². The summed E-state index contributed by atoms with van der Waals surface area (Å²) in [6, 6.07) is 5.83. The monoisotopic (exact) mass is 457 g/mol. The largest absolute Gasteiger partial charge is 0.389 e. The van der Waals surface area contributed by atoms with Crippen molar-refractivity contribution in [1.29, 1.82) is 0 Å². The zero-order valence-electron chi connectivity index (χ0n) is 18.3. The van der Waals surface area contributed by atoms with Gasteiger partial charge in [0.15, 0.2) is 5.82 Å². The van der Waals surface area contributed by atoms with E-state index in [-0.39, 0.29) is 29.4 Å². The molecule has 0 spiro atoms. The Balaban J connectivity index is 2.00. The number of carbonyl (C=O) groups excluding carboxylic acids is 1. The number of halogens is 2. The zero-order valence-corrected chi connectivity index (χ0v) is 19.0. The van der Waals surface area contributed by atoms with Crippen LogP contribution in [0.15, 0.2) is 42.9 Å². The van der Waals surface area contributed by atoms with Crippen LogP contribution in [0.4, 0.5) is 15.9 Å². The second-order valence-electron chi connectivity index (χ2n) is 8.32. The summed E-state index contributed by atoms with van der Waals surface area (Å²) < 4.78 is 14.4. The number of hydrogen-bond donors (Lipinski definition) is 3. The highest BCUT2D eigenvalue weighted by Crippen LogP contribution is 2.30. The predicted molar refractivity (Wildman–Crippen MR) is 123 cm³/mol. The zero-order chi connectivity index (χ0) is 23.5. The topological polar surface area (TPSA) is 100 Å². The summed E-state index contributed by atoms with van der Waals surface area (Å²) in [7, 11) is 0. The van der Waals surface area contributed by atoms with E-state index in [4.69, 9.17) is 11.6 Å². The molecule has 0 atom stereocenters. The second-order valence-corrected chi connectivity index (χ2v) is 8.75. The highest BCUT2D eigenvalue weighted by atomic mass is 35.5. The minimum atomic E-state index is -1.06. The summed E-state index contributed by atoms with van der Waals surface area (Å²) in [5.41, 5.74) is 0.648. The van der Waals surface area contributed by atoms with Crippen molar-refractivity contribution in [3.63, 3.8) is 0 Å². The van der Waals surface area contributed by atoms with Gasteiger partial charge in [0.05, 0.1) is 22.4 Å². The summed E-state index contributed by atoms with van der Waals surface area (Å²) in [5, 5.41) is 16.1. The van der Waals surface area contributed by atoms with Gasteiger partial charge in [0.1, 0.15) is 11.6 Å². The van der Waals surface area contributed by atoms with E-state index >= 15 is 0 Å².